The van der Waals surface area contributed by atoms with Gasteiger partial charge in [0.2, 0.25) is 6.10 Å². The third-order valence-electron chi connectivity index (χ3n) is 4.24. The molecular formula is C17H18F8O6S. The molecule has 0 bridgehead atoms. The smallest absolute Gasteiger partial charge is 0.430 e. The topological polar surface area (TPSA) is 74.2 Å². The lowest BCUT2D eigenvalue weighted by Gasteiger charge is -2.41. The summed E-state index contributed by atoms with van der Waals surface area (Å²) in [6, 6.07) is -0.0580. The fourth-order valence-corrected chi connectivity index (χ4v) is 3.57. The van der Waals surface area contributed by atoms with Crippen LogP contribution in [-0.4, -0.2) is 49.9 Å². The molecule has 0 aromatic heterocycles. The van der Waals surface area contributed by atoms with Gasteiger partial charge in [0, 0.05) is 12.7 Å². The quantitative estimate of drug-likeness (QED) is 0.214. The van der Waals surface area contributed by atoms with Crippen LogP contribution in [0.25, 0.3) is 6.08 Å². The van der Waals surface area contributed by atoms with Crippen molar-refractivity contribution < 1.29 is 61.7 Å². The second-order valence-corrected chi connectivity index (χ2v) is 9.15. The fourth-order valence-electron chi connectivity index (χ4n) is 2.86. The number of methoxy groups -OCH3 is 1. The van der Waals surface area contributed by atoms with E-state index >= 15 is 0 Å². The Kier molecular flexibility index (Phi) is 6.57. The predicted molar refractivity (Wildman–Crippen MR) is 96.0 cm³/mol. The molecule has 32 heavy (non-hydrogen) atoms. The van der Waals surface area contributed by atoms with Crippen molar-refractivity contribution in [1.82, 2.24) is 0 Å². The number of alkyl halides is 3. The number of ether oxygens (including phenoxy) is 3. The van der Waals surface area contributed by atoms with Crippen molar-refractivity contribution in [3.63, 3.8) is 0 Å². The second-order valence-electron chi connectivity index (χ2n) is 6.74. The first-order valence-electron chi connectivity index (χ1n) is 8.73. The molecule has 2 atom stereocenters. The summed E-state index contributed by atoms with van der Waals surface area (Å²) in [5.41, 5.74) is -2.65. The van der Waals surface area contributed by atoms with Crippen LogP contribution in [0.4, 0.5) is 32.6 Å². The number of benzene rings is 1. The van der Waals surface area contributed by atoms with Gasteiger partial charge in [-0.25, -0.2) is 9.68 Å². The standard InChI is InChI=1S/C17H18F8O6S/c1-3-9-4-12(32(21,22,23,24)25)5-10-6-13(15(17(18,19)20)31-14(9)10)16(26)30-11(7-28-2)8-29-27/h4-6,11,15,27H,3,7-8H2,1-2H3/t11?,15-/m0/s1. The third-order valence-corrected chi connectivity index (χ3v) is 5.37. The van der Waals surface area contributed by atoms with Gasteiger partial charge in [-0.15, -0.1) is 0 Å². The lowest BCUT2D eigenvalue weighted by atomic mass is 9.98. The first kappa shape index (κ1) is 26.2. The molecule has 0 fully saturated rings. The molecule has 0 saturated heterocycles. The fraction of sp³-hybridized carbons (Fsp3) is 0.471. The molecule has 184 valence electrons. The van der Waals surface area contributed by atoms with Gasteiger partial charge in [0.1, 0.15) is 17.3 Å². The van der Waals surface area contributed by atoms with Gasteiger partial charge in [0.15, 0.2) is 6.10 Å². The van der Waals surface area contributed by atoms with Crippen molar-refractivity contribution in [3.05, 3.63) is 28.8 Å². The molecule has 15 heteroatoms. The molecule has 0 radical (unpaired) electrons. The molecule has 1 aromatic rings. The molecule has 2 rings (SSSR count). The van der Waals surface area contributed by atoms with Crippen molar-refractivity contribution in [3.8, 4) is 5.75 Å². The van der Waals surface area contributed by atoms with Crippen molar-refractivity contribution >= 4 is 22.3 Å². The van der Waals surface area contributed by atoms with Gasteiger partial charge in [-0.1, -0.05) is 26.4 Å². The lowest BCUT2D eigenvalue weighted by Crippen LogP contribution is -2.42. The first-order chi connectivity index (χ1) is 14.4. The third kappa shape index (κ3) is 6.02. The van der Waals surface area contributed by atoms with E-state index in [4.69, 9.17) is 14.7 Å². The van der Waals surface area contributed by atoms with Crippen LogP contribution in [0.2, 0.25) is 0 Å². The maximum atomic E-state index is 13.5. The van der Waals surface area contributed by atoms with E-state index in [0.29, 0.717) is 6.08 Å². The van der Waals surface area contributed by atoms with Crippen LogP contribution in [0.15, 0.2) is 22.6 Å². The van der Waals surface area contributed by atoms with E-state index in [1.54, 1.807) is 0 Å². The van der Waals surface area contributed by atoms with Crippen molar-refractivity contribution in [2.45, 2.75) is 36.6 Å². The van der Waals surface area contributed by atoms with Gasteiger partial charge in [-0.05, 0) is 30.2 Å². The van der Waals surface area contributed by atoms with Crippen LogP contribution in [0.3, 0.4) is 0 Å². The second kappa shape index (κ2) is 8.04. The number of carbonyl (C=O) groups excluding carboxylic acids is 1. The van der Waals surface area contributed by atoms with Gasteiger partial charge < -0.3 is 14.2 Å². The zero-order valence-electron chi connectivity index (χ0n) is 16.4. The van der Waals surface area contributed by atoms with Gasteiger partial charge >= 0.3 is 22.4 Å². The van der Waals surface area contributed by atoms with Crippen LogP contribution in [0.1, 0.15) is 18.1 Å². The Balaban J connectivity index is 2.64. The Morgan fingerprint density at radius 1 is 1.19 bits per heavy atom. The number of fused-ring (bicyclic) bond motifs is 1. The normalized spacial score (nSPS) is 19.7. The van der Waals surface area contributed by atoms with Crippen LogP contribution >= 0.6 is 10.2 Å². The molecule has 0 spiro atoms. The number of rotatable bonds is 8. The van der Waals surface area contributed by atoms with E-state index in [2.05, 4.69) is 9.62 Å². The summed E-state index contributed by atoms with van der Waals surface area (Å²) in [6.07, 6.45) is -9.56. The minimum atomic E-state index is -10.2. The van der Waals surface area contributed by atoms with Crippen molar-refractivity contribution in [2.24, 2.45) is 0 Å². The zero-order valence-corrected chi connectivity index (χ0v) is 17.2. The van der Waals surface area contributed by atoms with E-state index in [1.807, 2.05) is 0 Å². The lowest BCUT2D eigenvalue weighted by molar-refractivity contribution is -0.261. The Morgan fingerprint density at radius 3 is 2.28 bits per heavy atom. The Labute approximate surface area is 176 Å². The zero-order chi connectivity index (χ0) is 24.6. The number of carbonyl (C=O) groups is 1. The summed E-state index contributed by atoms with van der Waals surface area (Å²) in [5.74, 6) is -2.41. The van der Waals surface area contributed by atoms with E-state index < -0.39 is 75.1 Å². The highest BCUT2D eigenvalue weighted by Gasteiger charge is 2.66. The van der Waals surface area contributed by atoms with Crippen LogP contribution in [0, 0.1) is 0 Å². The average Bonchev–Trinajstić information content (AvgIpc) is 2.63. The molecule has 1 N–H and O–H groups in total. The highest BCUT2D eigenvalue weighted by Crippen LogP contribution is 3.02. The summed E-state index contributed by atoms with van der Waals surface area (Å²) >= 11 is 0. The highest BCUT2D eigenvalue weighted by molar-refractivity contribution is 8.45. The number of halogens is 8. The maximum absolute atomic E-state index is 13.5. The number of hydrogen-bond donors (Lipinski definition) is 1. The van der Waals surface area contributed by atoms with Gasteiger partial charge in [-0.2, -0.15) is 13.2 Å². The molecule has 1 unspecified atom stereocenters. The molecular weight excluding hydrogens is 484 g/mol. The molecule has 6 nitrogen and oxygen atoms in total. The molecule has 0 amide bonds. The summed E-state index contributed by atoms with van der Waals surface area (Å²) in [7, 11) is -9.05. The first-order valence-corrected chi connectivity index (χ1v) is 10.7. The van der Waals surface area contributed by atoms with Crippen molar-refractivity contribution in [1.29, 1.82) is 0 Å². The maximum Gasteiger partial charge on any atom is 0.430 e. The minimum Gasteiger partial charge on any atom is -0.475 e. The minimum absolute atomic E-state index is 0.0260. The van der Waals surface area contributed by atoms with E-state index in [0.717, 1.165) is 7.11 Å². The predicted octanol–water partition coefficient (Wildman–Crippen LogP) is 5.66. The largest absolute Gasteiger partial charge is 0.475 e. The van der Waals surface area contributed by atoms with Crippen LogP contribution in [-0.2, 0) is 25.6 Å². The number of aryl methyl sites for hydroxylation is 1. The van der Waals surface area contributed by atoms with Gasteiger partial charge in [0.25, 0.3) is 0 Å². The van der Waals surface area contributed by atoms with Crippen LogP contribution < -0.4 is 4.74 Å². The Bertz CT molecular complexity index is 907. The Hall–Kier alpha value is -2.10. The molecule has 1 heterocycles. The van der Waals surface area contributed by atoms with E-state index in [1.165, 1.54) is 6.92 Å². The summed E-state index contributed by atoms with van der Waals surface area (Å²) in [5, 5.41) is 8.47. The molecule has 1 aliphatic heterocycles. The summed E-state index contributed by atoms with van der Waals surface area (Å²) in [4.78, 5) is 13.8. The molecule has 1 aromatic carbocycles. The van der Waals surface area contributed by atoms with Crippen molar-refractivity contribution in [2.75, 3.05) is 20.3 Å². The van der Waals surface area contributed by atoms with Crippen LogP contribution in [0.5, 0.6) is 5.75 Å². The summed E-state index contributed by atoms with van der Waals surface area (Å²) in [6.45, 7) is 0.117. The highest BCUT2D eigenvalue weighted by atomic mass is 32.5. The number of hydrogen-bond acceptors (Lipinski definition) is 6. The monoisotopic (exact) mass is 502 g/mol. The molecule has 1 aliphatic rings. The van der Waals surface area contributed by atoms with E-state index in [-0.39, 0.29) is 18.6 Å². The number of esters is 1. The van der Waals surface area contributed by atoms with E-state index in [9.17, 15) is 37.4 Å². The molecule has 0 saturated carbocycles. The Morgan fingerprint density at radius 2 is 1.81 bits per heavy atom. The van der Waals surface area contributed by atoms with Gasteiger partial charge in [0.05, 0.1) is 12.2 Å². The molecule has 0 aliphatic carbocycles. The van der Waals surface area contributed by atoms with Gasteiger partial charge in [-0.3, -0.25) is 5.26 Å². The average molecular weight is 502 g/mol. The SMILES string of the molecule is CCc1cc(S(F)(F)(F)(F)F)cc2c1O[C@H](C(F)(F)F)C(C(=O)OC(COC)COO)=C2. The summed E-state index contributed by atoms with van der Waals surface area (Å²) < 4.78 is 121.